The van der Waals surface area contributed by atoms with Crippen LogP contribution in [0.15, 0.2) is 28.7 Å². The first-order chi connectivity index (χ1) is 8.13. The number of benzene rings is 1. The van der Waals surface area contributed by atoms with Crippen LogP contribution in [0.5, 0.6) is 0 Å². The highest BCUT2D eigenvalue weighted by Crippen LogP contribution is 2.23. The standard InChI is InChI=1S/C13H16BrN3/c1-9-12(7-8-15)16-13(17(9)2)10-3-5-11(14)6-4-10/h3-6H,7-8,15H2,1-2H3. The second-order valence-corrected chi connectivity index (χ2v) is 4.99. The minimum absolute atomic E-state index is 0.637. The van der Waals surface area contributed by atoms with Crippen LogP contribution < -0.4 is 5.73 Å². The molecule has 2 N–H and O–H groups in total. The highest BCUT2D eigenvalue weighted by Gasteiger charge is 2.11. The zero-order chi connectivity index (χ0) is 12.4. The Morgan fingerprint density at radius 3 is 2.53 bits per heavy atom. The first-order valence-corrected chi connectivity index (χ1v) is 6.41. The molecule has 90 valence electrons. The van der Waals surface area contributed by atoms with E-state index in [9.17, 15) is 0 Å². The van der Waals surface area contributed by atoms with E-state index < -0.39 is 0 Å². The summed E-state index contributed by atoms with van der Waals surface area (Å²) in [5.41, 5.74) is 9.00. The molecule has 0 unspecified atom stereocenters. The van der Waals surface area contributed by atoms with E-state index in [2.05, 4.69) is 44.5 Å². The summed E-state index contributed by atoms with van der Waals surface area (Å²) in [5, 5.41) is 0. The summed E-state index contributed by atoms with van der Waals surface area (Å²) in [6, 6.07) is 8.19. The molecule has 0 amide bonds. The lowest BCUT2D eigenvalue weighted by molar-refractivity contribution is 0.865. The molecule has 3 nitrogen and oxygen atoms in total. The van der Waals surface area contributed by atoms with Gasteiger partial charge < -0.3 is 10.3 Å². The van der Waals surface area contributed by atoms with Crippen molar-refractivity contribution in [2.24, 2.45) is 12.8 Å². The van der Waals surface area contributed by atoms with E-state index in [4.69, 9.17) is 5.73 Å². The number of aromatic nitrogens is 2. The summed E-state index contributed by atoms with van der Waals surface area (Å²) in [6.45, 7) is 2.72. The van der Waals surface area contributed by atoms with E-state index in [0.717, 1.165) is 28.0 Å². The highest BCUT2D eigenvalue weighted by atomic mass is 79.9. The topological polar surface area (TPSA) is 43.8 Å². The Bertz CT molecular complexity index is 514. The maximum absolute atomic E-state index is 5.59. The van der Waals surface area contributed by atoms with Gasteiger partial charge in [-0.2, -0.15) is 0 Å². The second kappa shape index (κ2) is 5.02. The molecular weight excluding hydrogens is 278 g/mol. The molecule has 0 aliphatic rings. The van der Waals surface area contributed by atoms with Crippen molar-refractivity contribution in [1.82, 2.24) is 9.55 Å². The lowest BCUT2D eigenvalue weighted by atomic mass is 10.2. The molecule has 0 spiro atoms. The van der Waals surface area contributed by atoms with Crippen molar-refractivity contribution in [3.05, 3.63) is 40.1 Å². The molecule has 1 aromatic heterocycles. The predicted molar refractivity (Wildman–Crippen MR) is 73.8 cm³/mol. The van der Waals surface area contributed by atoms with Crippen molar-refractivity contribution in [3.8, 4) is 11.4 Å². The third kappa shape index (κ3) is 2.42. The maximum Gasteiger partial charge on any atom is 0.140 e. The SMILES string of the molecule is Cc1c(CCN)nc(-c2ccc(Br)cc2)n1C. The molecule has 17 heavy (non-hydrogen) atoms. The highest BCUT2D eigenvalue weighted by molar-refractivity contribution is 9.10. The van der Waals surface area contributed by atoms with Crippen LogP contribution in [-0.2, 0) is 13.5 Å². The summed E-state index contributed by atoms with van der Waals surface area (Å²) in [7, 11) is 2.04. The Labute approximate surface area is 110 Å². The van der Waals surface area contributed by atoms with Crippen LogP contribution in [0.25, 0.3) is 11.4 Å². The Morgan fingerprint density at radius 2 is 1.94 bits per heavy atom. The third-order valence-corrected chi connectivity index (χ3v) is 3.49. The molecule has 0 aliphatic carbocycles. The average molecular weight is 294 g/mol. The number of rotatable bonds is 3. The summed E-state index contributed by atoms with van der Waals surface area (Å²) in [4.78, 5) is 4.67. The molecule has 1 aromatic carbocycles. The lowest BCUT2D eigenvalue weighted by Crippen LogP contribution is -2.04. The predicted octanol–water partition coefficient (Wildman–Crippen LogP) is 2.66. The molecule has 0 fully saturated rings. The molecule has 2 aromatic rings. The lowest BCUT2D eigenvalue weighted by Gasteiger charge is -2.03. The van der Waals surface area contributed by atoms with Crippen LogP contribution in [0.2, 0.25) is 0 Å². The summed E-state index contributed by atoms with van der Waals surface area (Å²) < 4.78 is 3.20. The van der Waals surface area contributed by atoms with Crippen LogP contribution in [0.3, 0.4) is 0 Å². The fourth-order valence-corrected chi connectivity index (χ4v) is 2.13. The third-order valence-electron chi connectivity index (χ3n) is 2.96. The van der Waals surface area contributed by atoms with E-state index >= 15 is 0 Å². The molecule has 0 saturated heterocycles. The molecule has 0 saturated carbocycles. The van der Waals surface area contributed by atoms with Gasteiger partial charge in [-0.25, -0.2) is 4.98 Å². The van der Waals surface area contributed by atoms with Gasteiger partial charge in [0.25, 0.3) is 0 Å². The van der Waals surface area contributed by atoms with Gasteiger partial charge >= 0.3 is 0 Å². The van der Waals surface area contributed by atoms with E-state index in [-0.39, 0.29) is 0 Å². The van der Waals surface area contributed by atoms with E-state index in [0.29, 0.717) is 6.54 Å². The average Bonchev–Trinajstić information content (AvgIpc) is 2.59. The van der Waals surface area contributed by atoms with Crippen LogP contribution >= 0.6 is 15.9 Å². The van der Waals surface area contributed by atoms with Crippen molar-refractivity contribution in [2.75, 3.05) is 6.54 Å². The van der Waals surface area contributed by atoms with Gasteiger partial charge in [-0.1, -0.05) is 28.1 Å². The van der Waals surface area contributed by atoms with Crippen molar-refractivity contribution >= 4 is 15.9 Å². The zero-order valence-corrected chi connectivity index (χ0v) is 11.7. The monoisotopic (exact) mass is 293 g/mol. The van der Waals surface area contributed by atoms with Gasteiger partial charge in [0.2, 0.25) is 0 Å². The van der Waals surface area contributed by atoms with Gasteiger partial charge in [-0.15, -0.1) is 0 Å². The smallest absolute Gasteiger partial charge is 0.140 e. The fraction of sp³-hybridized carbons (Fsp3) is 0.308. The minimum atomic E-state index is 0.637. The molecule has 0 aliphatic heterocycles. The molecule has 0 radical (unpaired) electrons. The molecule has 0 atom stereocenters. The van der Waals surface area contributed by atoms with Crippen molar-refractivity contribution in [1.29, 1.82) is 0 Å². The van der Waals surface area contributed by atoms with Crippen molar-refractivity contribution in [2.45, 2.75) is 13.3 Å². The molecule has 1 heterocycles. The van der Waals surface area contributed by atoms with Gasteiger partial charge in [-0.3, -0.25) is 0 Å². The number of nitrogens with two attached hydrogens (primary N) is 1. The van der Waals surface area contributed by atoms with E-state index in [1.807, 2.05) is 19.2 Å². The molecule has 0 bridgehead atoms. The Hall–Kier alpha value is -1.13. The van der Waals surface area contributed by atoms with E-state index in [1.54, 1.807) is 0 Å². The minimum Gasteiger partial charge on any atom is -0.331 e. The van der Waals surface area contributed by atoms with Gasteiger partial charge in [0, 0.05) is 29.2 Å². The van der Waals surface area contributed by atoms with Gasteiger partial charge in [0.15, 0.2) is 0 Å². The van der Waals surface area contributed by atoms with Gasteiger partial charge in [0.05, 0.1) is 5.69 Å². The molecule has 4 heteroatoms. The fourth-order valence-electron chi connectivity index (χ4n) is 1.87. The first kappa shape index (κ1) is 12.3. The largest absolute Gasteiger partial charge is 0.331 e. The second-order valence-electron chi connectivity index (χ2n) is 4.07. The maximum atomic E-state index is 5.59. The van der Waals surface area contributed by atoms with Crippen molar-refractivity contribution < 1.29 is 0 Å². The number of hydrogen-bond donors (Lipinski definition) is 1. The van der Waals surface area contributed by atoms with Gasteiger partial charge in [0.1, 0.15) is 5.82 Å². The number of nitrogens with zero attached hydrogens (tertiary/aromatic N) is 2. The molecule has 2 rings (SSSR count). The Kier molecular flexibility index (Phi) is 3.64. The summed E-state index contributed by atoms with van der Waals surface area (Å²) in [5.74, 6) is 0.999. The number of halogens is 1. The quantitative estimate of drug-likeness (QED) is 0.945. The van der Waals surface area contributed by atoms with Crippen LogP contribution in [0.1, 0.15) is 11.4 Å². The van der Waals surface area contributed by atoms with Crippen LogP contribution in [0, 0.1) is 6.92 Å². The Balaban J connectivity index is 2.45. The first-order valence-electron chi connectivity index (χ1n) is 5.61. The summed E-state index contributed by atoms with van der Waals surface area (Å²) >= 11 is 3.44. The van der Waals surface area contributed by atoms with Crippen LogP contribution in [-0.4, -0.2) is 16.1 Å². The van der Waals surface area contributed by atoms with E-state index in [1.165, 1.54) is 5.69 Å². The normalized spacial score (nSPS) is 10.8. The van der Waals surface area contributed by atoms with Gasteiger partial charge in [-0.05, 0) is 25.6 Å². The van der Waals surface area contributed by atoms with Crippen LogP contribution in [0.4, 0.5) is 0 Å². The number of imidazole rings is 1. The Morgan fingerprint density at radius 1 is 1.29 bits per heavy atom. The zero-order valence-electron chi connectivity index (χ0n) is 10.1. The van der Waals surface area contributed by atoms with Crippen molar-refractivity contribution in [3.63, 3.8) is 0 Å². The molecular formula is C13H16BrN3. The number of hydrogen-bond acceptors (Lipinski definition) is 2. The summed E-state index contributed by atoms with van der Waals surface area (Å²) in [6.07, 6.45) is 0.830.